The Bertz CT molecular complexity index is 1490. The summed E-state index contributed by atoms with van der Waals surface area (Å²) in [5.41, 5.74) is 5.48. The monoisotopic (exact) mass is 488 g/mol. The predicted octanol–water partition coefficient (Wildman–Crippen LogP) is 4.88. The van der Waals surface area contributed by atoms with Crippen LogP contribution < -0.4 is 4.74 Å². The van der Waals surface area contributed by atoms with Crippen molar-refractivity contribution in [3.8, 4) is 28.5 Å². The maximum Gasteiger partial charge on any atom is 0.350 e. The molecule has 10 heteroatoms. The lowest BCUT2D eigenvalue weighted by Gasteiger charge is -2.13. The second kappa shape index (κ2) is 9.30. The van der Waals surface area contributed by atoms with Crippen LogP contribution in [0.15, 0.2) is 48.5 Å². The maximum atomic E-state index is 12.5. The fourth-order valence-corrected chi connectivity index (χ4v) is 5.03. The van der Waals surface area contributed by atoms with E-state index in [9.17, 15) is 4.79 Å². The van der Waals surface area contributed by atoms with Gasteiger partial charge < -0.3 is 9.47 Å². The average molecular weight is 489 g/mol. The van der Waals surface area contributed by atoms with Gasteiger partial charge in [0.1, 0.15) is 10.4 Å². The zero-order chi connectivity index (χ0) is 24.5. The van der Waals surface area contributed by atoms with Crippen molar-refractivity contribution in [3.05, 3.63) is 63.8 Å². The van der Waals surface area contributed by atoms with E-state index in [0.717, 1.165) is 38.2 Å². The third kappa shape index (κ3) is 4.28. The second-order valence-electron chi connectivity index (χ2n) is 8.30. The van der Waals surface area contributed by atoms with Gasteiger partial charge in [0, 0.05) is 10.4 Å². The van der Waals surface area contributed by atoms with Crippen molar-refractivity contribution >= 4 is 28.3 Å². The van der Waals surface area contributed by atoms with Gasteiger partial charge >= 0.3 is 5.97 Å². The summed E-state index contributed by atoms with van der Waals surface area (Å²) in [6, 6.07) is 16.7. The lowest BCUT2D eigenvalue weighted by Crippen LogP contribution is -2.12. The quantitative estimate of drug-likeness (QED) is 0.325. The number of aromatic nitrogens is 6. The van der Waals surface area contributed by atoms with Gasteiger partial charge in [0.05, 0.1) is 25.3 Å². The van der Waals surface area contributed by atoms with Crippen molar-refractivity contribution in [2.75, 3.05) is 7.11 Å². The van der Waals surface area contributed by atoms with E-state index >= 15 is 0 Å². The van der Waals surface area contributed by atoms with Crippen LogP contribution >= 0.6 is 11.3 Å². The molecule has 0 aliphatic carbocycles. The van der Waals surface area contributed by atoms with Gasteiger partial charge in [0.15, 0.2) is 0 Å². The molecule has 5 aromatic rings. The third-order valence-electron chi connectivity index (χ3n) is 5.57. The van der Waals surface area contributed by atoms with Crippen LogP contribution in [0.3, 0.4) is 0 Å². The first-order valence-electron chi connectivity index (χ1n) is 11.1. The maximum absolute atomic E-state index is 12.5. The van der Waals surface area contributed by atoms with Gasteiger partial charge in [-0.1, -0.05) is 48.5 Å². The number of nitrogens with one attached hydrogen (secondary N) is 1. The third-order valence-corrected chi connectivity index (χ3v) is 6.63. The number of methoxy groups -OCH3 is 1. The molecule has 3 aromatic heterocycles. The highest BCUT2D eigenvalue weighted by atomic mass is 32.1. The van der Waals surface area contributed by atoms with E-state index in [0.29, 0.717) is 23.3 Å². The van der Waals surface area contributed by atoms with Gasteiger partial charge in [0.25, 0.3) is 6.01 Å². The highest BCUT2D eigenvalue weighted by Gasteiger charge is 2.25. The Morgan fingerprint density at radius 2 is 1.86 bits per heavy atom. The molecule has 5 rings (SSSR count). The molecular formula is C25H24N6O3S. The molecule has 0 atom stereocenters. The van der Waals surface area contributed by atoms with Gasteiger partial charge in [-0.3, -0.25) is 4.57 Å². The summed E-state index contributed by atoms with van der Waals surface area (Å²) in [6.45, 7) is 6.35. The van der Waals surface area contributed by atoms with Gasteiger partial charge in [0.2, 0.25) is 5.82 Å². The molecule has 0 bridgehead atoms. The van der Waals surface area contributed by atoms with Crippen LogP contribution in [-0.4, -0.2) is 49.4 Å². The van der Waals surface area contributed by atoms with E-state index in [4.69, 9.17) is 14.5 Å². The van der Waals surface area contributed by atoms with Crippen molar-refractivity contribution in [2.24, 2.45) is 0 Å². The number of esters is 1. The topological polar surface area (TPSA) is 108 Å². The standard InChI is InChI=1S/C25H24N6O3S/c1-14(2)34-25-26-20-15(3)35-22(24(32)33-4)21(20)31(25)13-16-9-11-17(12-10-16)18-7-5-6-8-19(18)23-27-29-30-28-23/h5-12,14H,13H2,1-4H3,(H,27,28,29,30). The minimum absolute atomic E-state index is 0.0603. The molecule has 0 spiro atoms. The van der Waals surface area contributed by atoms with Crippen LogP contribution in [0.2, 0.25) is 0 Å². The van der Waals surface area contributed by atoms with E-state index in [1.54, 1.807) is 0 Å². The van der Waals surface area contributed by atoms with Gasteiger partial charge in [-0.15, -0.1) is 21.5 Å². The molecular weight excluding hydrogens is 464 g/mol. The minimum atomic E-state index is -0.376. The van der Waals surface area contributed by atoms with E-state index in [1.807, 2.05) is 49.6 Å². The summed E-state index contributed by atoms with van der Waals surface area (Å²) < 4.78 is 13.0. The van der Waals surface area contributed by atoms with E-state index in [2.05, 4.69) is 44.9 Å². The van der Waals surface area contributed by atoms with Crippen LogP contribution in [0.4, 0.5) is 0 Å². The van der Waals surface area contributed by atoms with Gasteiger partial charge in [-0.05, 0) is 42.7 Å². The number of imidazole rings is 1. The predicted molar refractivity (Wildman–Crippen MR) is 134 cm³/mol. The summed E-state index contributed by atoms with van der Waals surface area (Å²) in [5, 5.41) is 14.4. The summed E-state index contributed by atoms with van der Waals surface area (Å²) in [4.78, 5) is 18.7. The first-order chi connectivity index (χ1) is 17.0. The highest BCUT2D eigenvalue weighted by Crippen LogP contribution is 2.36. The largest absolute Gasteiger partial charge is 0.465 e. The SMILES string of the molecule is COC(=O)c1sc(C)c2nc(OC(C)C)n(Cc3ccc(-c4ccccc4-c4nn[nH]n4)cc3)c12. The highest BCUT2D eigenvalue weighted by molar-refractivity contribution is 7.15. The normalized spacial score (nSPS) is 11.3. The van der Waals surface area contributed by atoms with Crippen LogP contribution in [-0.2, 0) is 11.3 Å². The van der Waals surface area contributed by atoms with Crippen LogP contribution in [0.25, 0.3) is 33.5 Å². The number of benzene rings is 2. The average Bonchev–Trinajstić information content (AvgIpc) is 3.58. The molecule has 0 unspecified atom stereocenters. The molecule has 0 aliphatic heterocycles. The van der Waals surface area contributed by atoms with Gasteiger partial charge in [-0.2, -0.15) is 10.2 Å². The first-order valence-corrected chi connectivity index (χ1v) is 11.9. The van der Waals surface area contributed by atoms with E-state index in [-0.39, 0.29) is 12.1 Å². The molecule has 3 heterocycles. The van der Waals surface area contributed by atoms with E-state index < -0.39 is 0 Å². The molecule has 0 fully saturated rings. The Morgan fingerprint density at radius 3 is 2.51 bits per heavy atom. The van der Waals surface area contributed by atoms with Crippen molar-refractivity contribution < 1.29 is 14.3 Å². The summed E-state index contributed by atoms with van der Waals surface area (Å²) in [6.07, 6.45) is -0.0603. The van der Waals surface area contributed by atoms with Crippen molar-refractivity contribution in [2.45, 2.75) is 33.4 Å². The fourth-order valence-electron chi connectivity index (χ4n) is 4.01. The fraction of sp³-hybridized carbons (Fsp3) is 0.240. The molecule has 35 heavy (non-hydrogen) atoms. The van der Waals surface area contributed by atoms with Crippen LogP contribution in [0, 0.1) is 6.92 Å². The number of carbonyl (C=O) groups excluding carboxylic acids is 1. The number of aryl methyl sites for hydroxylation is 1. The zero-order valence-electron chi connectivity index (χ0n) is 19.8. The number of ether oxygens (including phenoxy) is 2. The summed E-state index contributed by atoms with van der Waals surface area (Å²) >= 11 is 1.39. The molecule has 0 aliphatic rings. The Kier molecular flexibility index (Phi) is 6.04. The minimum Gasteiger partial charge on any atom is -0.465 e. The number of carbonyl (C=O) groups is 1. The van der Waals surface area contributed by atoms with Crippen LogP contribution in [0.1, 0.15) is 34.0 Å². The van der Waals surface area contributed by atoms with E-state index in [1.165, 1.54) is 18.4 Å². The molecule has 0 amide bonds. The first kappa shape index (κ1) is 22.7. The number of nitrogens with zero attached hydrogens (tertiary/aromatic N) is 5. The Labute approximate surface area is 205 Å². The zero-order valence-corrected chi connectivity index (χ0v) is 20.6. The second-order valence-corrected chi connectivity index (χ2v) is 9.53. The Hall–Kier alpha value is -4.05. The number of hydrogen-bond donors (Lipinski definition) is 1. The molecule has 1 N–H and O–H groups in total. The number of H-pyrrole nitrogens is 1. The smallest absolute Gasteiger partial charge is 0.350 e. The van der Waals surface area contributed by atoms with Crippen molar-refractivity contribution in [3.63, 3.8) is 0 Å². The molecule has 0 radical (unpaired) electrons. The Balaban J connectivity index is 1.53. The van der Waals surface area contributed by atoms with Crippen LogP contribution in [0.5, 0.6) is 6.01 Å². The molecule has 2 aromatic carbocycles. The van der Waals surface area contributed by atoms with Gasteiger partial charge in [-0.25, -0.2) is 4.79 Å². The summed E-state index contributed by atoms with van der Waals surface area (Å²) in [7, 11) is 1.39. The number of aromatic amines is 1. The lowest BCUT2D eigenvalue weighted by molar-refractivity contribution is 0.0608. The number of tetrazole rings is 1. The lowest BCUT2D eigenvalue weighted by atomic mass is 9.98. The van der Waals surface area contributed by atoms with Crippen molar-refractivity contribution in [1.29, 1.82) is 0 Å². The molecule has 178 valence electrons. The molecule has 0 saturated carbocycles. The Morgan fingerprint density at radius 1 is 1.11 bits per heavy atom. The molecule has 9 nitrogen and oxygen atoms in total. The van der Waals surface area contributed by atoms with Crippen molar-refractivity contribution in [1.82, 2.24) is 30.2 Å². The number of rotatable bonds is 7. The summed E-state index contributed by atoms with van der Waals surface area (Å²) in [5.74, 6) is 0.169. The molecule has 0 saturated heterocycles. The number of hydrogen-bond acceptors (Lipinski definition) is 8. The number of thiophene rings is 1. The number of fused-ring (bicyclic) bond motifs is 1.